The third kappa shape index (κ3) is 3.33. The van der Waals surface area contributed by atoms with E-state index >= 15 is 0 Å². The summed E-state index contributed by atoms with van der Waals surface area (Å²) in [4.78, 5) is 2.42. The zero-order chi connectivity index (χ0) is 15.7. The molecule has 2 aliphatic heterocycles. The van der Waals surface area contributed by atoms with Crippen molar-refractivity contribution in [2.24, 2.45) is 7.05 Å². The van der Waals surface area contributed by atoms with E-state index in [-0.39, 0.29) is 0 Å². The molecule has 2 aliphatic rings. The summed E-state index contributed by atoms with van der Waals surface area (Å²) in [5, 5.41) is 8.75. The van der Waals surface area contributed by atoms with Crippen molar-refractivity contribution >= 4 is 10.0 Å². The lowest BCUT2D eigenvalue weighted by Gasteiger charge is -2.29. The highest BCUT2D eigenvalue weighted by molar-refractivity contribution is 7.88. The van der Waals surface area contributed by atoms with E-state index in [0.717, 1.165) is 44.1 Å². The Kier molecular flexibility index (Phi) is 4.52. The summed E-state index contributed by atoms with van der Waals surface area (Å²) in [6.45, 7) is 4.32. The van der Waals surface area contributed by atoms with E-state index in [1.165, 1.54) is 19.1 Å². The SMILES string of the molecule is Cn1c(CN2CCCC2)nnc1C1CCN(S(C)(=O)=O)CC1. The van der Waals surface area contributed by atoms with Crippen LogP contribution in [0.3, 0.4) is 0 Å². The van der Waals surface area contributed by atoms with Crippen molar-refractivity contribution in [1.29, 1.82) is 0 Å². The molecule has 0 aliphatic carbocycles. The fourth-order valence-corrected chi connectivity index (χ4v) is 4.33. The van der Waals surface area contributed by atoms with Crippen LogP contribution in [0.2, 0.25) is 0 Å². The molecule has 2 fully saturated rings. The first-order valence-electron chi connectivity index (χ1n) is 8.01. The molecule has 3 heterocycles. The van der Waals surface area contributed by atoms with Gasteiger partial charge in [0.05, 0.1) is 12.8 Å². The fraction of sp³-hybridized carbons (Fsp3) is 0.857. The highest BCUT2D eigenvalue weighted by Gasteiger charge is 2.29. The molecule has 0 amide bonds. The summed E-state index contributed by atoms with van der Waals surface area (Å²) in [5.74, 6) is 2.33. The van der Waals surface area contributed by atoms with Gasteiger partial charge in [-0.05, 0) is 38.8 Å². The number of hydrogen-bond donors (Lipinski definition) is 0. The first-order chi connectivity index (χ1) is 10.4. The maximum absolute atomic E-state index is 11.6. The Morgan fingerprint density at radius 1 is 1.09 bits per heavy atom. The molecule has 22 heavy (non-hydrogen) atoms. The lowest BCUT2D eigenvalue weighted by Crippen LogP contribution is -2.37. The molecule has 1 aromatic rings. The Hall–Kier alpha value is -0.990. The average Bonchev–Trinajstić information content (AvgIpc) is 3.10. The Morgan fingerprint density at radius 3 is 2.32 bits per heavy atom. The lowest BCUT2D eigenvalue weighted by molar-refractivity contribution is 0.306. The fourth-order valence-electron chi connectivity index (χ4n) is 3.45. The van der Waals surface area contributed by atoms with Gasteiger partial charge in [-0.3, -0.25) is 4.90 Å². The molecule has 0 spiro atoms. The second kappa shape index (κ2) is 6.25. The number of hydrogen-bond acceptors (Lipinski definition) is 5. The number of nitrogens with zero attached hydrogens (tertiary/aromatic N) is 5. The number of rotatable bonds is 4. The number of aromatic nitrogens is 3. The van der Waals surface area contributed by atoms with Crippen LogP contribution in [0.25, 0.3) is 0 Å². The summed E-state index contributed by atoms with van der Waals surface area (Å²) in [6.07, 6.45) is 5.47. The second-order valence-electron chi connectivity index (χ2n) is 6.45. The molecule has 3 rings (SSSR count). The summed E-state index contributed by atoms with van der Waals surface area (Å²) < 4.78 is 26.8. The zero-order valence-corrected chi connectivity index (χ0v) is 14.2. The van der Waals surface area contributed by atoms with Crippen molar-refractivity contribution in [1.82, 2.24) is 24.0 Å². The highest BCUT2D eigenvalue weighted by atomic mass is 32.2. The van der Waals surface area contributed by atoms with Gasteiger partial charge in [-0.25, -0.2) is 12.7 Å². The van der Waals surface area contributed by atoms with Crippen LogP contribution in [-0.4, -0.2) is 64.8 Å². The molecule has 0 atom stereocenters. The smallest absolute Gasteiger partial charge is 0.211 e. The van der Waals surface area contributed by atoms with Gasteiger partial charge in [0.15, 0.2) is 0 Å². The van der Waals surface area contributed by atoms with Crippen LogP contribution < -0.4 is 0 Å². The van der Waals surface area contributed by atoms with Crippen LogP contribution in [-0.2, 0) is 23.6 Å². The summed E-state index contributed by atoms with van der Waals surface area (Å²) in [5.41, 5.74) is 0. The molecular weight excluding hydrogens is 302 g/mol. The predicted molar refractivity (Wildman–Crippen MR) is 83.9 cm³/mol. The van der Waals surface area contributed by atoms with E-state index in [4.69, 9.17) is 0 Å². The predicted octanol–water partition coefficient (Wildman–Crippen LogP) is 0.550. The molecule has 7 nitrogen and oxygen atoms in total. The maximum atomic E-state index is 11.6. The summed E-state index contributed by atoms with van der Waals surface area (Å²) in [6, 6.07) is 0. The van der Waals surface area contributed by atoms with Gasteiger partial charge >= 0.3 is 0 Å². The van der Waals surface area contributed by atoms with Crippen LogP contribution in [0.1, 0.15) is 43.3 Å². The third-order valence-corrected chi connectivity index (χ3v) is 6.15. The Labute approximate surface area is 132 Å². The summed E-state index contributed by atoms with van der Waals surface area (Å²) >= 11 is 0. The van der Waals surface area contributed by atoms with Gasteiger partial charge in [0.1, 0.15) is 11.6 Å². The Bertz CT molecular complexity index is 613. The first kappa shape index (κ1) is 15.9. The van der Waals surface area contributed by atoms with E-state index in [0.29, 0.717) is 19.0 Å². The highest BCUT2D eigenvalue weighted by Crippen LogP contribution is 2.28. The topological polar surface area (TPSA) is 71.3 Å². The molecule has 0 saturated carbocycles. The molecule has 124 valence electrons. The van der Waals surface area contributed by atoms with Gasteiger partial charge in [0.2, 0.25) is 10.0 Å². The van der Waals surface area contributed by atoms with E-state index in [2.05, 4.69) is 19.7 Å². The molecule has 2 saturated heterocycles. The van der Waals surface area contributed by atoms with Gasteiger partial charge < -0.3 is 4.57 Å². The van der Waals surface area contributed by atoms with Crippen LogP contribution in [0.15, 0.2) is 0 Å². The van der Waals surface area contributed by atoms with Gasteiger partial charge in [-0.1, -0.05) is 0 Å². The van der Waals surface area contributed by atoms with Crippen molar-refractivity contribution in [3.8, 4) is 0 Å². The second-order valence-corrected chi connectivity index (χ2v) is 8.44. The molecular formula is C14H25N5O2S. The molecule has 0 unspecified atom stereocenters. The minimum Gasteiger partial charge on any atom is -0.317 e. The molecule has 1 aromatic heterocycles. The van der Waals surface area contributed by atoms with Crippen molar-refractivity contribution in [2.45, 2.75) is 38.1 Å². The van der Waals surface area contributed by atoms with Gasteiger partial charge in [0.25, 0.3) is 0 Å². The van der Waals surface area contributed by atoms with Gasteiger partial charge in [-0.15, -0.1) is 10.2 Å². The van der Waals surface area contributed by atoms with Crippen LogP contribution in [0, 0.1) is 0 Å². The minimum absolute atomic E-state index is 0.308. The van der Waals surface area contributed by atoms with Crippen molar-refractivity contribution in [3.05, 3.63) is 11.6 Å². The van der Waals surface area contributed by atoms with Crippen LogP contribution in [0.5, 0.6) is 0 Å². The molecule has 0 aromatic carbocycles. The third-order valence-electron chi connectivity index (χ3n) is 4.85. The van der Waals surface area contributed by atoms with Gasteiger partial charge in [0, 0.05) is 26.1 Å². The molecule has 8 heteroatoms. The number of piperidine rings is 1. The van der Waals surface area contributed by atoms with E-state index in [1.807, 2.05) is 7.05 Å². The minimum atomic E-state index is -3.07. The maximum Gasteiger partial charge on any atom is 0.211 e. The number of likely N-dealkylation sites (tertiary alicyclic amines) is 1. The standard InChI is InChI=1S/C14H25N5O2S/c1-17-13(11-18-7-3-4-8-18)15-16-14(17)12-5-9-19(10-6-12)22(2,20)21/h12H,3-11H2,1-2H3. The Balaban J connectivity index is 1.65. The zero-order valence-electron chi connectivity index (χ0n) is 13.4. The van der Waals surface area contributed by atoms with Crippen molar-refractivity contribution < 1.29 is 8.42 Å². The normalized spacial score (nSPS) is 22.5. The molecule has 0 bridgehead atoms. The summed E-state index contributed by atoms with van der Waals surface area (Å²) in [7, 11) is -1.04. The molecule has 0 radical (unpaired) electrons. The van der Waals surface area contributed by atoms with Crippen LogP contribution >= 0.6 is 0 Å². The molecule has 0 N–H and O–H groups in total. The van der Waals surface area contributed by atoms with Gasteiger partial charge in [-0.2, -0.15) is 0 Å². The quantitative estimate of drug-likeness (QED) is 0.808. The van der Waals surface area contributed by atoms with Crippen molar-refractivity contribution in [2.75, 3.05) is 32.4 Å². The first-order valence-corrected chi connectivity index (χ1v) is 9.85. The lowest BCUT2D eigenvalue weighted by atomic mass is 9.97. The van der Waals surface area contributed by atoms with Crippen LogP contribution in [0.4, 0.5) is 0 Å². The largest absolute Gasteiger partial charge is 0.317 e. The Morgan fingerprint density at radius 2 is 1.73 bits per heavy atom. The monoisotopic (exact) mass is 327 g/mol. The van der Waals surface area contributed by atoms with E-state index < -0.39 is 10.0 Å². The van der Waals surface area contributed by atoms with Crippen molar-refractivity contribution in [3.63, 3.8) is 0 Å². The van der Waals surface area contributed by atoms with E-state index in [9.17, 15) is 8.42 Å². The average molecular weight is 327 g/mol. The number of sulfonamides is 1. The van der Waals surface area contributed by atoms with E-state index in [1.54, 1.807) is 4.31 Å².